The highest BCUT2D eigenvalue weighted by Gasteiger charge is 2.23. The second-order valence-electron chi connectivity index (χ2n) is 7.54. The summed E-state index contributed by atoms with van der Waals surface area (Å²) < 4.78 is 0. The predicted octanol–water partition coefficient (Wildman–Crippen LogP) is 3.91. The lowest BCUT2D eigenvalue weighted by Gasteiger charge is -2.26. The quantitative estimate of drug-likeness (QED) is 0.702. The van der Waals surface area contributed by atoms with Gasteiger partial charge < -0.3 is 16.4 Å². The number of nitrogens with one attached hydrogen (secondary N) is 2. The molecule has 28 heavy (non-hydrogen) atoms. The Labute approximate surface area is 175 Å². The number of halogens is 1. The summed E-state index contributed by atoms with van der Waals surface area (Å²) >= 11 is 1.38. The van der Waals surface area contributed by atoms with Gasteiger partial charge in [-0.1, -0.05) is 6.07 Å². The van der Waals surface area contributed by atoms with Gasteiger partial charge in [0.05, 0.1) is 5.56 Å². The Bertz CT molecular complexity index is 859. The fourth-order valence-electron chi connectivity index (χ4n) is 4.00. The van der Waals surface area contributed by atoms with Crippen LogP contribution >= 0.6 is 23.7 Å². The van der Waals surface area contributed by atoms with E-state index in [0.717, 1.165) is 44.9 Å². The molecule has 2 aliphatic rings. The van der Waals surface area contributed by atoms with E-state index in [0.29, 0.717) is 16.1 Å². The van der Waals surface area contributed by atoms with Crippen molar-refractivity contribution in [2.75, 3.05) is 5.32 Å². The molecule has 7 heteroatoms. The van der Waals surface area contributed by atoms with Crippen molar-refractivity contribution in [2.45, 2.75) is 57.0 Å². The van der Waals surface area contributed by atoms with Crippen LogP contribution in [0, 0.1) is 0 Å². The Morgan fingerprint density at radius 2 is 1.75 bits per heavy atom. The zero-order chi connectivity index (χ0) is 18.8. The Morgan fingerprint density at radius 1 is 1.00 bits per heavy atom. The summed E-state index contributed by atoms with van der Waals surface area (Å²) in [6.07, 6.45) is 6.99. The first kappa shape index (κ1) is 20.8. The maximum atomic E-state index is 12.7. The number of carbonyl (C=O) groups is 2. The van der Waals surface area contributed by atoms with Gasteiger partial charge in [0, 0.05) is 17.6 Å². The SMILES string of the molecule is Cl.NC1CCC(NC(=O)c2ccsc2NC(=O)c2ccc3c(c2)CCC3)CC1. The minimum absolute atomic E-state index is 0. The summed E-state index contributed by atoms with van der Waals surface area (Å²) in [7, 11) is 0. The molecule has 1 fully saturated rings. The average molecular weight is 420 g/mol. The minimum atomic E-state index is -0.162. The fourth-order valence-corrected chi connectivity index (χ4v) is 4.78. The van der Waals surface area contributed by atoms with Gasteiger partial charge in [-0.05, 0) is 79.7 Å². The molecule has 4 N–H and O–H groups in total. The molecule has 4 rings (SSSR count). The number of benzene rings is 1. The topological polar surface area (TPSA) is 84.2 Å². The Kier molecular flexibility index (Phi) is 6.75. The number of fused-ring (bicyclic) bond motifs is 1. The van der Waals surface area contributed by atoms with Crippen LogP contribution in [0.1, 0.15) is 63.9 Å². The molecule has 2 amide bonds. The first-order valence-corrected chi connectivity index (χ1v) is 10.5. The Morgan fingerprint density at radius 3 is 2.54 bits per heavy atom. The van der Waals surface area contributed by atoms with E-state index in [1.54, 1.807) is 6.07 Å². The van der Waals surface area contributed by atoms with Gasteiger partial charge in [-0.2, -0.15) is 0 Å². The van der Waals surface area contributed by atoms with E-state index in [-0.39, 0.29) is 36.3 Å². The number of thiophene rings is 1. The van der Waals surface area contributed by atoms with Gasteiger partial charge in [-0.25, -0.2) is 0 Å². The van der Waals surface area contributed by atoms with Gasteiger partial charge in [0.25, 0.3) is 11.8 Å². The Hall–Kier alpha value is -1.89. The molecule has 150 valence electrons. The van der Waals surface area contributed by atoms with Crippen LogP contribution in [0.3, 0.4) is 0 Å². The monoisotopic (exact) mass is 419 g/mol. The summed E-state index contributed by atoms with van der Waals surface area (Å²) in [5.41, 5.74) is 9.72. The average Bonchev–Trinajstić information content (AvgIpc) is 3.32. The van der Waals surface area contributed by atoms with Crippen LogP contribution in [0.4, 0.5) is 5.00 Å². The van der Waals surface area contributed by atoms with Crippen LogP contribution in [-0.4, -0.2) is 23.9 Å². The molecular formula is C21H26ClN3O2S. The van der Waals surface area contributed by atoms with E-state index < -0.39 is 0 Å². The molecule has 5 nitrogen and oxygen atoms in total. The number of nitrogens with two attached hydrogens (primary N) is 1. The molecule has 0 radical (unpaired) electrons. The third kappa shape index (κ3) is 4.57. The van der Waals surface area contributed by atoms with Crippen LogP contribution in [0.25, 0.3) is 0 Å². The van der Waals surface area contributed by atoms with Gasteiger partial charge in [0.1, 0.15) is 5.00 Å². The van der Waals surface area contributed by atoms with Gasteiger partial charge in [0.15, 0.2) is 0 Å². The third-order valence-corrected chi connectivity index (χ3v) is 6.43. The molecule has 0 saturated heterocycles. The van der Waals surface area contributed by atoms with Crippen molar-refractivity contribution < 1.29 is 9.59 Å². The number of hydrogen-bond donors (Lipinski definition) is 3. The van der Waals surface area contributed by atoms with E-state index in [9.17, 15) is 9.59 Å². The number of carbonyl (C=O) groups excluding carboxylic acids is 2. The molecule has 0 atom stereocenters. The molecule has 2 aliphatic carbocycles. The zero-order valence-corrected chi connectivity index (χ0v) is 17.3. The molecular weight excluding hydrogens is 394 g/mol. The Balaban J connectivity index is 0.00000225. The van der Waals surface area contributed by atoms with Crippen molar-refractivity contribution in [2.24, 2.45) is 5.73 Å². The second-order valence-corrected chi connectivity index (χ2v) is 8.46. The lowest BCUT2D eigenvalue weighted by atomic mass is 9.92. The number of anilines is 1. The van der Waals surface area contributed by atoms with Crippen LogP contribution in [-0.2, 0) is 12.8 Å². The zero-order valence-electron chi connectivity index (χ0n) is 15.7. The number of aryl methyl sites for hydroxylation is 2. The minimum Gasteiger partial charge on any atom is -0.349 e. The molecule has 0 spiro atoms. The maximum Gasteiger partial charge on any atom is 0.256 e. The molecule has 2 aromatic rings. The van der Waals surface area contributed by atoms with E-state index >= 15 is 0 Å². The van der Waals surface area contributed by atoms with Crippen LogP contribution in [0.2, 0.25) is 0 Å². The van der Waals surface area contributed by atoms with Crippen molar-refractivity contribution in [3.05, 3.63) is 51.9 Å². The van der Waals surface area contributed by atoms with Crippen molar-refractivity contribution in [1.29, 1.82) is 0 Å². The van der Waals surface area contributed by atoms with Crippen molar-refractivity contribution >= 4 is 40.6 Å². The van der Waals surface area contributed by atoms with E-state index in [1.165, 1.54) is 22.5 Å². The molecule has 0 unspecified atom stereocenters. The highest BCUT2D eigenvalue weighted by Crippen LogP contribution is 2.27. The van der Waals surface area contributed by atoms with Gasteiger partial charge in [0.2, 0.25) is 0 Å². The standard InChI is InChI=1S/C21H25N3O2S.ClH/c22-16-6-8-17(9-7-16)23-20(26)18-10-11-27-21(18)24-19(25)15-5-4-13-2-1-3-14(13)12-15;/h4-5,10-12,16-17H,1-3,6-9,22H2,(H,23,26)(H,24,25);1H. The summed E-state index contributed by atoms with van der Waals surface area (Å²) in [5, 5.41) is 8.45. The maximum absolute atomic E-state index is 12.7. The molecule has 0 aliphatic heterocycles. The van der Waals surface area contributed by atoms with Gasteiger partial charge >= 0.3 is 0 Å². The van der Waals surface area contributed by atoms with Crippen molar-refractivity contribution in [1.82, 2.24) is 5.32 Å². The van der Waals surface area contributed by atoms with Gasteiger partial charge in [-0.15, -0.1) is 23.7 Å². The largest absolute Gasteiger partial charge is 0.349 e. The normalized spacial score (nSPS) is 20.8. The van der Waals surface area contributed by atoms with Gasteiger partial charge in [-0.3, -0.25) is 9.59 Å². The lowest BCUT2D eigenvalue weighted by Crippen LogP contribution is -2.40. The fraction of sp³-hybridized carbons (Fsp3) is 0.429. The summed E-state index contributed by atoms with van der Waals surface area (Å²) in [5.74, 6) is -0.286. The highest BCUT2D eigenvalue weighted by atomic mass is 35.5. The van der Waals surface area contributed by atoms with Crippen molar-refractivity contribution in [3.63, 3.8) is 0 Å². The van der Waals surface area contributed by atoms with Crippen LogP contribution in [0.15, 0.2) is 29.6 Å². The molecule has 1 aromatic carbocycles. The summed E-state index contributed by atoms with van der Waals surface area (Å²) in [4.78, 5) is 25.3. The molecule has 0 bridgehead atoms. The predicted molar refractivity (Wildman–Crippen MR) is 116 cm³/mol. The molecule has 1 aromatic heterocycles. The number of rotatable bonds is 4. The van der Waals surface area contributed by atoms with Crippen molar-refractivity contribution in [3.8, 4) is 0 Å². The highest BCUT2D eigenvalue weighted by molar-refractivity contribution is 7.14. The van der Waals surface area contributed by atoms with E-state index in [2.05, 4.69) is 10.6 Å². The second kappa shape index (κ2) is 9.07. The number of amides is 2. The van der Waals surface area contributed by atoms with E-state index in [4.69, 9.17) is 5.73 Å². The molecule has 1 heterocycles. The lowest BCUT2D eigenvalue weighted by molar-refractivity contribution is 0.0927. The number of hydrogen-bond acceptors (Lipinski definition) is 4. The van der Waals surface area contributed by atoms with E-state index in [1.807, 2.05) is 23.6 Å². The smallest absolute Gasteiger partial charge is 0.256 e. The van der Waals surface area contributed by atoms with Crippen LogP contribution in [0.5, 0.6) is 0 Å². The third-order valence-electron chi connectivity index (χ3n) is 5.60. The summed E-state index contributed by atoms with van der Waals surface area (Å²) in [6, 6.07) is 8.09. The van der Waals surface area contributed by atoms with Crippen LogP contribution < -0.4 is 16.4 Å². The first-order valence-electron chi connectivity index (χ1n) is 9.67. The first-order chi connectivity index (χ1) is 13.1. The summed E-state index contributed by atoms with van der Waals surface area (Å²) in [6.45, 7) is 0. The molecule has 1 saturated carbocycles.